The predicted octanol–water partition coefficient (Wildman–Crippen LogP) is 3.53. The summed E-state index contributed by atoms with van der Waals surface area (Å²) in [6.07, 6.45) is 0.864. The zero-order valence-corrected chi connectivity index (χ0v) is 10.7. The van der Waals surface area contributed by atoms with Crippen LogP contribution in [0.5, 0.6) is 5.75 Å². The Morgan fingerprint density at radius 2 is 1.75 bits per heavy atom. The van der Waals surface area contributed by atoms with Crippen LogP contribution in [0, 0.1) is 0 Å². The number of hydrogen-bond donors (Lipinski definition) is 1. The second kappa shape index (κ2) is 5.09. The van der Waals surface area contributed by atoms with E-state index in [2.05, 4.69) is 0 Å². The van der Waals surface area contributed by atoms with Gasteiger partial charge in [0.05, 0.1) is 11.7 Å². The van der Waals surface area contributed by atoms with Gasteiger partial charge >= 0.3 is 6.09 Å². The summed E-state index contributed by atoms with van der Waals surface area (Å²) in [6.45, 7) is 0.201. The number of carbonyl (C=O) groups is 1. The highest BCUT2D eigenvalue weighted by molar-refractivity contribution is 5.93. The molecule has 0 spiro atoms. The first kappa shape index (κ1) is 12.3. The van der Waals surface area contributed by atoms with Crippen molar-refractivity contribution in [1.82, 2.24) is 4.57 Å². The summed E-state index contributed by atoms with van der Waals surface area (Å²) < 4.78 is 6.56. The molecular formula is C16H13NO3. The maximum Gasteiger partial charge on any atom is 0.418 e. The van der Waals surface area contributed by atoms with Gasteiger partial charge < -0.3 is 9.84 Å². The van der Waals surface area contributed by atoms with Crippen LogP contribution in [0.1, 0.15) is 5.56 Å². The van der Waals surface area contributed by atoms with Crippen molar-refractivity contribution in [3.63, 3.8) is 0 Å². The molecule has 0 saturated carbocycles. The van der Waals surface area contributed by atoms with E-state index >= 15 is 0 Å². The Morgan fingerprint density at radius 1 is 1.05 bits per heavy atom. The highest BCUT2D eigenvalue weighted by Crippen LogP contribution is 2.26. The molecule has 3 rings (SSSR count). The standard InChI is InChI=1S/C16H13NO3/c18-15-10-17(14-9-5-4-8-13(14)15)16(19)20-11-12-6-2-1-3-7-12/h1-10,18H,11H2. The molecule has 1 N–H and O–H groups in total. The largest absolute Gasteiger partial charge is 0.506 e. The smallest absolute Gasteiger partial charge is 0.418 e. The van der Waals surface area contributed by atoms with Crippen LogP contribution in [-0.2, 0) is 11.3 Å². The number of carbonyl (C=O) groups excluding carboxylic acids is 1. The van der Waals surface area contributed by atoms with Gasteiger partial charge in [-0.15, -0.1) is 0 Å². The van der Waals surface area contributed by atoms with Gasteiger partial charge in [-0.1, -0.05) is 42.5 Å². The lowest BCUT2D eigenvalue weighted by molar-refractivity contribution is 0.142. The molecule has 0 aliphatic carbocycles. The van der Waals surface area contributed by atoms with Crippen LogP contribution in [0.15, 0.2) is 60.8 Å². The normalized spacial score (nSPS) is 10.6. The lowest BCUT2D eigenvalue weighted by atomic mass is 10.2. The lowest BCUT2D eigenvalue weighted by Gasteiger charge is -2.06. The molecule has 4 nitrogen and oxygen atoms in total. The van der Waals surface area contributed by atoms with Gasteiger partial charge in [0.25, 0.3) is 0 Å². The van der Waals surface area contributed by atoms with E-state index in [4.69, 9.17) is 4.74 Å². The van der Waals surface area contributed by atoms with E-state index in [1.165, 1.54) is 10.8 Å². The molecule has 0 fully saturated rings. The van der Waals surface area contributed by atoms with Crippen molar-refractivity contribution in [3.05, 3.63) is 66.4 Å². The quantitative estimate of drug-likeness (QED) is 0.772. The maximum atomic E-state index is 12.1. The molecule has 100 valence electrons. The number of hydrogen-bond acceptors (Lipinski definition) is 3. The second-order valence-corrected chi connectivity index (χ2v) is 4.44. The number of ether oxygens (including phenoxy) is 1. The van der Waals surface area contributed by atoms with Crippen LogP contribution < -0.4 is 0 Å². The summed E-state index contributed by atoms with van der Waals surface area (Å²) in [6, 6.07) is 16.6. The first-order valence-electron chi connectivity index (χ1n) is 6.26. The third-order valence-electron chi connectivity index (χ3n) is 3.09. The van der Waals surface area contributed by atoms with Gasteiger partial charge in [-0.25, -0.2) is 9.36 Å². The molecule has 0 atom stereocenters. The average Bonchev–Trinajstić information content (AvgIpc) is 2.84. The molecule has 0 aliphatic heterocycles. The summed E-state index contributed by atoms with van der Waals surface area (Å²) in [7, 11) is 0. The van der Waals surface area contributed by atoms with Crippen LogP contribution in [0.25, 0.3) is 10.9 Å². The first-order chi connectivity index (χ1) is 9.75. The molecule has 0 bridgehead atoms. The van der Waals surface area contributed by atoms with E-state index < -0.39 is 6.09 Å². The van der Waals surface area contributed by atoms with Crippen molar-refractivity contribution in [2.24, 2.45) is 0 Å². The van der Waals surface area contributed by atoms with Crippen molar-refractivity contribution in [2.75, 3.05) is 0 Å². The number of aromatic nitrogens is 1. The van der Waals surface area contributed by atoms with Crippen LogP contribution in [-0.4, -0.2) is 15.8 Å². The predicted molar refractivity (Wildman–Crippen MR) is 75.6 cm³/mol. The molecule has 1 heterocycles. The van der Waals surface area contributed by atoms with E-state index in [-0.39, 0.29) is 12.4 Å². The third-order valence-corrected chi connectivity index (χ3v) is 3.09. The third kappa shape index (κ3) is 2.23. The number of rotatable bonds is 2. The van der Waals surface area contributed by atoms with Crippen molar-refractivity contribution in [2.45, 2.75) is 6.61 Å². The van der Waals surface area contributed by atoms with E-state index in [1.54, 1.807) is 12.1 Å². The zero-order valence-electron chi connectivity index (χ0n) is 10.7. The highest BCUT2D eigenvalue weighted by atomic mass is 16.5. The summed E-state index contributed by atoms with van der Waals surface area (Å²) >= 11 is 0. The molecule has 0 unspecified atom stereocenters. The Morgan fingerprint density at radius 3 is 2.55 bits per heavy atom. The molecular weight excluding hydrogens is 254 g/mol. The molecule has 3 aromatic rings. The lowest BCUT2D eigenvalue weighted by Crippen LogP contribution is -2.12. The minimum atomic E-state index is -0.509. The van der Waals surface area contributed by atoms with E-state index in [9.17, 15) is 9.90 Å². The van der Waals surface area contributed by atoms with E-state index in [0.717, 1.165) is 5.56 Å². The zero-order chi connectivity index (χ0) is 13.9. The minimum absolute atomic E-state index is 0.0669. The highest BCUT2D eigenvalue weighted by Gasteiger charge is 2.13. The fourth-order valence-electron chi connectivity index (χ4n) is 2.10. The maximum absolute atomic E-state index is 12.1. The fourth-order valence-corrected chi connectivity index (χ4v) is 2.10. The number of fused-ring (bicyclic) bond motifs is 1. The van der Waals surface area contributed by atoms with Crippen molar-refractivity contribution in [1.29, 1.82) is 0 Å². The molecule has 0 saturated heterocycles. The molecule has 0 radical (unpaired) electrons. The SMILES string of the molecule is O=C(OCc1ccccc1)n1cc(O)c2ccccc21. The topological polar surface area (TPSA) is 51.5 Å². The second-order valence-electron chi connectivity index (χ2n) is 4.44. The van der Waals surface area contributed by atoms with Crippen molar-refractivity contribution >= 4 is 17.0 Å². The Kier molecular flexibility index (Phi) is 3.13. The Hall–Kier alpha value is -2.75. The first-order valence-corrected chi connectivity index (χ1v) is 6.26. The van der Waals surface area contributed by atoms with E-state index in [1.807, 2.05) is 42.5 Å². The van der Waals surface area contributed by atoms with Gasteiger partial charge in [0, 0.05) is 5.39 Å². The number of nitrogens with zero attached hydrogens (tertiary/aromatic N) is 1. The molecule has 2 aromatic carbocycles. The molecule has 4 heteroatoms. The average molecular weight is 267 g/mol. The van der Waals surface area contributed by atoms with Gasteiger partial charge in [-0.05, 0) is 17.7 Å². The summed E-state index contributed by atoms with van der Waals surface area (Å²) in [5.74, 6) is 0.0669. The monoisotopic (exact) mass is 267 g/mol. The Balaban J connectivity index is 1.83. The van der Waals surface area contributed by atoms with Crippen LogP contribution in [0.2, 0.25) is 0 Å². The molecule has 0 amide bonds. The number of aromatic hydroxyl groups is 1. The number of benzene rings is 2. The van der Waals surface area contributed by atoms with Gasteiger partial charge in [0.1, 0.15) is 12.4 Å². The Labute approximate surface area is 115 Å². The van der Waals surface area contributed by atoms with Gasteiger partial charge in [-0.3, -0.25) is 0 Å². The minimum Gasteiger partial charge on any atom is -0.506 e. The van der Waals surface area contributed by atoms with Crippen molar-refractivity contribution in [3.8, 4) is 5.75 Å². The van der Waals surface area contributed by atoms with Gasteiger partial charge in [0.2, 0.25) is 0 Å². The summed E-state index contributed by atoms with van der Waals surface area (Å²) in [5.41, 5.74) is 1.55. The fraction of sp³-hybridized carbons (Fsp3) is 0.0625. The van der Waals surface area contributed by atoms with Gasteiger partial charge in [0.15, 0.2) is 0 Å². The summed E-state index contributed by atoms with van der Waals surface area (Å²) in [4.78, 5) is 12.1. The molecule has 0 aliphatic rings. The van der Waals surface area contributed by atoms with Crippen molar-refractivity contribution < 1.29 is 14.6 Å². The molecule has 1 aromatic heterocycles. The van der Waals surface area contributed by atoms with E-state index in [0.29, 0.717) is 10.9 Å². The number of para-hydroxylation sites is 1. The van der Waals surface area contributed by atoms with Gasteiger partial charge in [-0.2, -0.15) is 0 Å². The summed E-state index contributed by atoms with van der Waals surface area (Å²) in [5, 5.41) is 10.4. The van der Waals surface area contributed by atoms with Crippen LogP contribution in [0.4, 0.5) is 4.79 Å². The van der Waals surface area contributed by atoms with Crippen LogP contribution in [0.3, 0.4) is 0 Å². The van der Waals surface area contributed by atoms with Crippen LogP contribution >= 0.6 is 0 Å². The Bertz CT molecular complexity index is 747. The molecule has 20 heavy (non-hydrogen) atoms.